The van der Waals surface area contributed by atoms with Crippen LogP contribution in [0.4, 0.5) is 36.2 Å². The third-order valence-corrected chi connectivity index (χ3v) is 10.5. The molecule has 3 aromatic carbocycles. The number of hydrogen-bond donors (Lipinski definition) is 3. The highest BCUT2D eigenvalue weighted by atomic mass is 35.5. The van der Waals surface area contributed by atoms with E-state index in [2.05, 4.69) is 19.8 Å². The van der Waals surface area contributed by atoms with E-state index in [1.807, 2.05) is 23.7 Å². The van der Waals surface area contributed by atoms with E-state index in [0.29, 0.717) is 53.4 Å². The number of nitrogens with zero attached hydrogens (tertiary/aromatic N) is 4. The fourth-order valence-corrected chi connectivity index (χ4v) is 6.16. The van der Waals surface area contributed by atoms with Gasteiger partial charge in [0.2, 0.25) is 5.95 Å². The Morgan fingerprint density at radius 3 is 2.18 bits per heavy atom. The fraction of sp³-hybridized carbons (Fsp3) is 0.367. The zero-order chi connectivity index (χ0) is 32.0. The molecule has 44 heavy (non-hydrogen) atoms. The number of aromatic nitrogens is 2. The summed E-state index contributed by atoms with van der Waals surface area (Å²) in [6, 6.07) is 14.4. The van der Waals surface area contributed by atoms with E-state index < -0.39 is 26.9 Å². The first-order valence-corrected chi connectivity index (χ1v) is 16.2. The molecule has 4 aromatic rings. The average Bonchev–Trinajstić information content (AvgIpc) is 3.25. The van der Waals surface area contributed by atoms with Crippen molar-refractivity contribution in [2.75, 3.05) is 41.3 Å². The van der Waals surface area contributed by atoms with Gasteiger partial charge in [-0.1, -0.05) is 29.3 Å². The first kappa shape index (κ1) is 32.4. The zero-order valence-electron chi connectivity index (χ0n) is 24.7. The van der Waals surface area contributed by atoms with Gasteiger partial charge >= 0.3 is 6.18 Å². The van der Waals surface area contributed by atoms with Crippen LogP contribution in [0.25, 0.3) is 11.0 Å². The molecule has 1 aromatic heterocycles. The van der Waals surface area contributed by atoms with Crippen molar-refractivity contribution in [3.05, 3.63) is 75.8 Å². The quantitative estimate of drug-likeness (QED) is 0.175. The molecule has 0 radical (unpaired) electrons. The maximum Gasteiger partial charge on any atom is 0.416 e. The van der Waals surface area contributed by atoms with Crippen LogP contribution < -0.4 is 19.8 Å². The van der Waals surface area contributed by atoms with Gasteiger partial charge in [-0.2, -0.15) is 17.7 Å². The minimum Gasteiger partial charge on any atom is -0.368 e. The highest BCUT2D eigenvalue weighted by molar-refractivity contribution is 7.97. The Bertz CT molecular complexity index is 1720. The largest absolute Gasteiger partial charge is 0.416 e. The SMILES string of the molecule is Cn1c(Nc2cc(CN[S+](=O)(O)C(C)(C)C)ccc2Cl)nc2cc(Cl)c(N3CCN(c4ccc(C(F)(F)F)cc4)CC3)cc21. The van der Waals surface area contributed by atoms with Crippen molar-refractivity contribution in [2.45, 2.75) is 38.2 Å². The van der Waals surface area contributed by atoms with Crippen molar-refractivity contribution in [1.29, 1.82) is 0 Å². The van der Waals surface area contributed by atoms with Gasteiger partial charge in [0.15, 0.2) is 4.75 Å². The zero-order valence-corrected chi connectivity index (χ0v) is 27.0. The smallest absolute Gasteiger partial charge is 0.368 e. The summed E-state index contributed by atoms with van der Waals surface area (Å²) < 4.78 is 65.6. The van der Waals surface area contributed by atoms with Crippen molar-refractivity contribution in [3.8, 4) is 0 Å². The van der Waals surface area contributed by atoms with E-state index in [1.54, 1.807) is 39.0 Å². The minimum absolute atomic E-state index is 0.173. The van der Waals surface area contributed by atoms with Gasteiger partial charge in [-0.15, -0.1) is 4.72 Å². The number of anilines is 4. The monoisotopic (exact) mass is 669 g/mol. The van der Waals surface area contributed by atoms with E-state index in [0.717, 1.165) is 34.6 Å². The van der Waals surface area contributed by atoms with Crippen molar-refractivity contribution in [2.24, 2.45) is 7.05 Å². The fourth-order valence-electron chi connectivity index (χ4n) is 4.92. The number of nitrogens with one attached hydrogen (secondary N) is 2. The molecule has 236 valence electrons. The van der Waals surface area contributed by atoms with Crippen LogP contribution in [0, 0.1) is 0 Å². The molecule has 0 amide bonds. The van der Waals surface area contributed by atoms with E-state index >= 15 is 0 Å². The van der Waals surface area contributed by atoms with Crippen molar-refractivity contribution < 1.29 is 21.9 Å². The van der Waals surface area contributed by atoms with Gasteiger partial charge in [-0.25, -0.2) is 4.98 Å². The lowest BCUT2D eigenvalue weighted by atomic mass is 10.1. The topological polar surface area (TPSA) is 85.7 Å². The highest BCUT2D eigenvalue weighted by Crippen LogP contribution is 2.35. The van der Waals surface area contributed by atoms with Crippen LogP contribution in [-0.2, 0) is 34.4 Å². The molecule has 1 saturated heterocycles. The molecule has 0 bridgehead atoms. The van der Waals surface area contributed by atoms with Crippen LogP contribution in [0.5, 0.6) is 0 Å². The van der Waals surface area contributed by atoms with Gasteiger partial charge in [-0.3, -0.25) is 0 Å². The molecule has 8 nitrogen and oxygen atoms in total. The van der Waals surface area contributed by atoms with Gasteiger partial charge in [-0.05, 0) is 79.1 Å². The van der Waals surface area contributed by atoms with Crippen LogP contribution in [0.1, 0.15) is 31.9 Å². The highest BCUT2D eigenvalue weighted by Gasteiger charge is 2.41. The molecule has 14 heteroatoms. The molecule has 1 fully saturated rings. The molecule has 0 saturated carbocycles. The molecular formula is C30H34Cl2F3N6O2S+. The molecule has 1 aliphatic heterocycles. The van der Waals surface area contributed by atoms with Crippen molar-refractivity contribution >= 4 is 67.6 Å². The third-order valence-electron chi connectivity index (χ3n) is 7.71. The second-order valence-electron chi connectivity index (χ2n) is 11.7. The number of halogens is 5. The molecule has 5 rings (SSSR count). The summed E-state index contributed by atoms with van der Waals surface area (Å²) in [4.78, 5) is 8.94. The molecular weight excluding hydrogens is 636 g/mol. The maximum atomic E-state index is 13.0. The van der Waals surface area contributed by atoms with Gasteiger partial charge in [0, 0.05) is 38.9 Å². The Morgan fingerprint density at radius 1 is 0.932 bits per heavy atom. The predicted octanol–water partition coefficient (Wildman–Crippen LogP) is 7.74. The van der Waals surface area contributed by atoms with Crippen LogP contribution >= 0.6 is 23.2 Å². The third kappa shape index (κ3) is 6.79. The number of aryl methyl sites for hydroxylation is 1. The van der Waals surface area contributed by atoms with E-state index in [-0.39, 0.29) is 6.54 Å². The predicted molar refractivity (Wildman–Crippen MR) is 174 cm³/mol. The lowest BCUT2D eigenvalue weighted by Gasteiger charge is -2.37. The van der Waals surface area contributed by atoms with E-state index in [9.17, 15) is 21.9 Å². The molecule has 2 heterocycles. The first-order valence-electron chi connectivity index (χ1n) is 13.9. The Hall–Kier alpha value is -3.03. The molecule has 0 aliphatic carbocycles. The lowest BCUT2D eigenvalue weighted by molar-refractivity contribution is -0.137. The molecule has 1 aliphatic rings. The number of rotatable bonds is 7. The number of fused-ring (bicyclic) bond motifs is 1. The summed E-state index contributed by atoms with van der Waals surface area (Å²) in [6.45, 7) is 7.80. The van der Waals surface area contributed by atoms with Gasteiger partial charge in [0.05, 0.1) is 44.6 Å². The number of benzene rings is 3. The number of piperazine rings is 1. The Morgan fingerprint density at radius 2 is 1.57 bits per heavy atom. The first-order chi connectivity index (χ1) is 20.5. The summed E-state index contributed by atoms with van der Waals surface area (Å²) in [7, 11) is -1.39. The number of imidazole rings is 1. The number of alkyl halides is 3. The summed E-state index contributed by atoms with van der Waals surface area (Å²) in [5, 5.41) is 4.29. The normalized spacial score (nSPS) is 16.0. The van der Waals surface area contributed by atoms with Crippen LogP contribution in [-0.4, -0.2) is 45.0 Å². The molecule has 0 spiro atoms. The van der Waals surface area contributed by atoms with Gasteiger partial charge in [0.1, 0.15) is 0 Å². The van der Waals surface area contributed by atoms with Crippen LogP contribution in [0.2, 0.25) is 10.0 Å². The summed E-state index contributed by atoms with van der Waals surface area (Å²) in [5.74, 6) is 0.535. The maximum absolute atomic E-state index is 13.0. The lowest BCUT2D eigenvalue weighted by Crippen LogP contribution is -2.46. The van der Waals surface area contributed by atoms with Gasteiger partial charge < -0.3 is 19.7 Å². The molecule has 1 unspecified atom stereocenters. The van der Waals surface area contributed by atoms with E-state index in [1.165, 1.54) is 12.1 Å². The summed E-state index contributed by atoms with van der Waals surface area (Å²) in [5.41, 5.74) is 3.82. The number of hydrogen-bond acceptors (Lipinski definition) is 5. The second-order valence-corrected chi connectivity index (χ2v) is 15.1. The summed E-state index contributed by atoms with van der Waals surface area (Å²) >= 11 is 13.2. The molecule has 1 atom stereocenters. The Labute approximate surface area is 265 Å². The van der Waals surface area contributed by atoms with Gasteiger partial charge in [0.25, 0.3) is 10.4 Å². The van der Waals surface area contributed by atoms with E-state index in [4.69, 9.17) is 28.2 Å². The van der Waals surface area contributed by atoms with Crippen LogP contribution in [0.3, 0.4) is 0 Å². The van der Waals surface area contributed by atoms with Crippen molar-refractivity contribution in [1.82, 2.24) is 14.3 Å². The van der Waals surface area contributed by atoms with Crippen molar-refractivity contribution in [3.63, 3.8) is 0 Å². The average molecular weight is 671 g/mol. The Balaban J connectivity index is 1.31. The molecule has 3 N–H and O–H groups in total. The van der Waals surface area contributed by atoms with Crippen LogP contribution in [0.15, 0.2) is 54.6 Å². The second kappa shape index (κ2) is 12.1. The standard InChI is InChI=1S/C30H33Cl2F3N6O2S/c1-29(2,3)44(42,43)36-18-19-5-10-22(31)24(15-19)37-28-38-25-16-23(32)26(17-27(25)39(28)4)41-13-11-40(12-14-41)21-8-6-20(7-9-21)30(33,34)35/h5-10,15-17H,11-14,18H2,1-4H3,(H2-,36,37,38,42,43)/p+1. The Kier molecular flexibility index (Phi) is 8.87. The minimum atomic E-state index is -4.36. The summed E-state index contributed by atoms with van der Waals surface area (Å²) in [6.07, 6.45) is -4.36.